The molecule has 0 saturated heterocycles. The maximum Gasteiger partial charge on any atom is 0.0664 e. The number of hydrogen-bond acceptors (Lipinski definition) is 2. The Morgan fingerprint density at radius 2 is 1.65 bits per heavy atom. The highest BCUT2D eigenvalue weighted by molar-refractivity contribution is 5.52. The van der Waals surface area contributed by atoms with Crippen LogP contribution in [0.1, 0.15) is 24.5 Å². The van der Waals surface area contributed by atoms with Gasteiger partial charge in [0.25, 0.3) is 0 Å². The molecule has 2 rings (SSSR count). The zero-order valence-corrected chi connectivity index (χ0v) is 12.3. The van der Waals surface area contributed by atoms with Crippen LogP contribution in [0.25, 0.3) is 0 Å². The van der Waals surface area contributed by atoms with Crippen molar-refractivity contribution < 1.29 is 5.11 Å². The smallest absolute Gasteiger partial charge is 0.0664 e. The Balaban J connectivity index is 2.23. The lowest BCUT2D eigenvalue weighted by Crippen LogP contribution is -2.44. The molecule has 0 fully saturated rings. The van der Waals surface area contributed by atoms with Gasteiger partial charge in [-0.25, -0.2) is 0 Å². The van der Waals surface area contributed by atoms with E-state index in [4.69, 9.17) is 0 Å². The summed E-state index contributed by atoms with van der Waals surface area (Å²) in [5.74, 6) is 0. The molecule has 0 radical (unpaired) electrons. The molecular formula is C18H23NO. The summed E-state index contributed by atoms with van der Waals surface area (Å²) in [5, 5.41) is 13.5. The van der Waals surface area contributed by atoms with Gasteiger partial charge in [-0.1, -0.05) is 55.5 Å². The summed E-state index contributed by atoms with van der Waals surface area (Å²) in [5.41, 5.74) is 3.23. The van der Waals surface area contributed by atoms with Crippen LogP contribution in [-0.4, -0.2) is 17.3 Å². The predicted molar refractivity (Wildman–Crippen MR) is 85.1 cm³/mol. The van der Waals surface area contributed by atoms with Gasteiger partial charge in [-0.05, 0) is 37.0 Å². The highest BCUT2D eigenvalue weighted by Crippen LogP contribution is 2.25. The molecule has 2 nitrogen and oxygen atoms in total. The van der Waals surface area contributed by atoms with Crippen molar-refractivity contribution in [2.24, 2.45) is 0 Å². The standard InChI is InChI=1S/C18H23NO/c1-3-18(14-20,13-16-10-5-4-6-11-16)19-17-12-8-7-9-15(17)2/h4-12,19-20H,3,13-14H2,1-2H3. The molecule has 106 valence electrons. The van der Waals surface area contributed by atoms with Crippen molar-refractivity contribution in [3.05, 3.63) is 65.7 Å². The SMILES string of the molecule is CCC(CO)(Cc1ccccc1)Nc1ccccc1C. The molecule has 0 bridgehead atoms. The molecule has 0 aliphatic carbocycles. The van der Waals surface area contributed by atoms with Gasteiger partial charge >= 0.3 is 0 Å². The summed E-state index contributed by atoms with van der Waals surface area (Å²) in [4.78, 5) is 0. The second-order valence-electron chi connectivity index (χ2n) is 5.39. The Bertz CT molecular complexity index is 532. The first-order valence-corrected chi connectivity index (χ1v) is 7.18. The van der Waals surface area contributed by atoms with E-state index in [9.17, 15) is 5.11 Å². The molecule has 0 amide bonds. The van der Waals surface area contributed by atoms with Crippen LogP contribution >= 0.6 is 0 Å². The lowest BCUT2D eigenvalue weighted by atomic mass is 9.88. The van der Waals surface area contributed by atoms with Gasteiger partial charge in [0.05, 0.1) is 12.1 Å². The first-order chi connectivity index (χ1) is 9.69. The first-order valence-electron chi connectivity index (χ1n) is 7.18. The molecule has 0 aliphatic heterocycles. The van der Waals surface area contributed by atoms with E-state index in [0.717, 1.165) is 18.5 Å². The number of nitrogens with one attached hydrogen (secondary N) is 1. The summed E-state index contributed by atoms with van der Waals surface area (Å²) < 4.78 is 0. The average molecular weight is 269 g/mol. The van der Waals surface area contributed by atoms with E-state index in [-0.39, 0.29) is 12.1 Å². The molecule has 1 atom stereocenters. The summed E-state index contributed by atoms with van der Waals surface area (Å²) in [7, 11) is 0. The van der Waals surface area contributed by atoms with Gasteiger partial charge in [-0.15, -0.1) is 0 Å². The fourth-order valence-corrected chi connectivity index (χ4v) is 2.45. The van der Waals surface area contributed by atoms with Crippen molar-refractivity contribution in [3.8, 4) is 0 Å². The van der Waals surface area contributed by atoms with E-state index < -0.39 is 0 Å². The Labute approximate surface area is 121 Å². The minimum absolute atomic E-state index is 0.118. The molecule has 2 aromatic carbocycles. The Morgan fingerprint density at radius 1 is 1.00 bits per heavy atom. The fourth-order valence-electron chi connectivity index (χ4n) is 2.45. The highest BCUT2D eigenvalue weighted by Gasteiger charge is 2.27. The van der Waals surface area contributed by atoms with Crippen LogP contribution in [0, 0.1) is 6.92 Å². The van der Waals surface area contributed by atoms with Crippen LogP contribution in [-0.2, 0) is 6.42 Å². The van der Waals surface area contributed by atoms with Crippen molar-refractivity contribution in [1.82, 2.24) is 0 Å². The monoisotopic (exact) mass is 269 g/mol. The Morgan fingerprint density at radius 3 is 2.25 bits per heavy atom. The molecule has 20 heavy (non-hydrogen) atoms. The largest absolute Gasteiger partial charge is 0.394 e. The third kappa shape index (κ3) is 3.40. The maximum atomic E-state index is 9.93. The van der Waals surface area contributed by atoms with Gasteiger partial charge in [0, 0.05) is 5.69 Å². The van der Waals surface area contributed by atoms with Crippen molar-refractivity contribution in [1.29, 1.82) is 0 Å². The zero-order chi connectivity index (χ0) is 14.4. The average Bonchev–Trinajstić information content (AvgIpc) is 2.50. The van der Waals surface area contributed by atoms with Crippen LogP contribution in [0.4, 0.5) is 5.69 Å². The number of benzene rings is 2. The molecule has 0 saturated carbocycles. The van der Waals surface area contributed by atoms with Crippen molar-refractivity contribution in [2.75, 3.05) is 11.9 Å². The first kappa shape index (κ1) is 14.6. The predicted octanol–water partition coefficient (Wildman–Crippen LogP) is 3.79. The molecule has 0 aliphatic rings. The summed E-state index contributed by atoms with van der Waals surface area (Å²) in [6, 6.07) is 18.5. The quantitative estimate of drug-likeness (QED) is 0.836. The highest BCUT2D eigenvalue weighted by atomic mass is 16.3. The van der Waals surface area contributed by atoms with Gasteiger partial charge in [0.1, 0.15) is 0 Å². The minimum atomic E-state index is -0.312. The second-order valence-corrected chi connectivity index (χ2v) is 5.39. The Kier molecular flexibility index (Phi) is 4.80. The number of rotatable bonds is 6. The molecule has 0 heterocycles. The summed E-state index contributed by atoms with van der Waals surface area (Å²) in [6.07, 6.45) is 1.68. The van der Waals surface area contributed by atoms with Gasteiger partial charge in [-0.2, -0.15) is 0 Å². The van der Waals surface area contributed by atoms with Crippen molar-refractivity contribution in [2.45, 2.75) is 32.2 Å². The van der Waals surface area contributed by atoms with Crippen LogP contribution in [0.15, 0.2) is 54.6 Å². The molecule has 2 heteroatoms. The number of aryl methyl sites for hydroxylation is 1. The number of aliphatic hydroxyl groups excluding tert-OH is 1. The molecule has 1 unspecified atom stereocenters. The molecular weight excluding hydrogens is 246 g/mol. The van der Waals surface area contributed by atoms with Crippen LogP contribution < -0.4 is 5.32 Å². The Hall–Kier alpha value is -1.80. The van der Waals surface area contributed by atoms with E-state index >= 15 is 0 Å². The lowest BCUT2D eigenvalue weighted by Gasteiger charge is -2.34. The van der Waals surface area contributed by atoms with Gasteiger partial charge < -0.3 is 10.4 Å². The maximum absolute atomic E-state index is 9.93. The van der Waals surface area contributed by atoms with E-state index in [1.165, 1.54) is 11.1 Å². The third-order valence-corrected chi connectivity index (χ3v) is 3.91. The van der Waals surface area contributed by atoms with E-state index in [0.29, 0.717) is 0 Å². The number of hydrogen-bond donors (Lipinski definition) is 2. The van der Waals surface area contributed by atoms with Gasteiger partial charge in [0.15, 0.2) is 0 Å². The molecule has 0 spiro atoms. The normalized spacial score (nSPS) is 13.8. The van der Waals surface area contributed by atoms with E-state index in [1.807, 2.05) is 30.3 Å². The van der Waals surface area contributed by atoms with E-state index in [1.54, 1.807) is 0 Å². The second kappa shape index (κ2) is 6.58. The number of para-hydroxylation sites is 1. The van der Waals surface area contributed by atoms with E-state index in [2.05, 4.69) is 43.4 Å². The zero-order valence-electron chi connectivity index (χ0n) is 12.3. The topological polar surface area (TPSA) is 32.3 Å². The third-order valence-electron chi connectivity index (χ3n) is 3.91. The lowest BCUT2D eigenvalue weighted by molar-refractivity contribution is 0.205. The van der Waals surface area contributed by atoms with Crippen molar-refractivity contribution >= 4 is 5.69 Å². The van der Waals surface area contributed by atoms with Gasteiger partial charge in [0.2, 0.25) is 0 Å². The fraction of sp³-hybridized carbons (Fsp3) is 0.333. The number of aliphatic hydroxyl groups is 1. The number of anilines is 1. The van der Waals surface area contributed by atoms with Crippen molar-refractivity contribution in [3.63, 3.8) is 0 Å². The molecule has 0 aromatic heterocycles. The van der Waals surface area contributed by atoms with Crippen LogP contribution in [0.5, 0.6) is 0 Å². The van der Waals surface area contributed by atoms with Crippen LogP contribution in [0.2, 0.25) is 0 Å². The van der Waals surface area contributed by atoms with Gasteiger partial charge in [-0.3, -0.25) is 0 Å². The van der Waals surface area contributed by atoms with Crippen LogP contribution in [0.3, 0.4) is 0 Å². The summed E-state index contributed by atoms with van der Waals surface area (Å²) in [6.45, 7) is 4.32. The summed E-state index contributed by atoms with van der Waals surface area (Å²) >= 11 is 0. The minimum Gasteiger partial charge on any atom is -0.394 e. The molecule has 2 aromatic rings. The molecule has 2 N–H and O–H groups in total.